The number of nitrogens with zero attached hydrogens (tertiary/aromatic N) is 1. The average molecular weight is 263 g/mol. The predicted octanol–water partition coefficient (Wildman–Crippen LogP) is 1.73. The van der Waals surface area contributed by atoms with Crippen LogP contribution in [0.1, 0.15) is 35.8 Å². The lowest BCUT2D eigenvalue weighted by atomic mass is 10.1. The van der Waals surface area contributed by atoms with Crippen LogP contribution in [0.3, 0.4) is 0 Å². The van der Waals surface area contributed by atoms with E-state index in [4.69, 9.17) is 4.74 Å². The minimum atomic E-state index is -0.0818. The fraction of sp³-hybridized carbons (Fsp3) is 0.571. The van der Waals surface area contributed by atoms with E-state index in [2.05, 4.69) is 22.5 Å². The van der Waals surface area contributed by atoms with Crippen LogP contribution in [0.15, 0.2) is 12.3 Å². The summed E-state index contributed by atoms with van der Waals surface area (Å²) in [7, 11) is 0. The number of carbonyl (C=O) groups excluding carboxylic acids is 1. The summed E-state index contributed by atoms with van der Waals surface area (Å²) in [5, 5.41) is 6.26. The van der Waals surface area contributed by atoms with Gasteiger partial charge < -0.3 is 15.4 Å². The van der Waals surface area contributed by atoms with Gasteiger partial charge in [0.25, 0.3) is 5.91 Å². The first kappa shape index (κ1) is 13.8. The van der Waals surface area contributed by atoms with Gasteiger partial charge in [-0.2, -0.15) is 0 Å². The van der Waals surface area contributed by atoms with Crippen molar-refractivity contribution in [3.63, 3.8) is 0 Å². The normalized spacial score (nSPS) is 18.3. The summed E-state index contributed by atoms with van der Waals surface area (Å²) in [4.78, 5) is 16.5. The van der Waals surface area contributed by atoms with Gasteiger partial charge in [0.2, 0.25) is 0 Å². The second kappa shape index (κ2) is 6.52. The second-order valence-corrected chi connectivity index (χ2v) is 4.83. The number of aromatic nitrogens is 1. The minimum absolute atomic E-state index is 0.0818. The lowest BCUT2D eigenvalue weighted by molar-refractivity contribution is 0.0930. The van der Waals surface area contributed by atoms with Crippen molar-refractivity contribution in [1.82, 2.24) is 10.3 Å². The van der Waals surface area contributed by atoms with Crippen molar-refractivity contribution in [2.75, 3.05) is 25.1 Å². The van der Waals surface area contributed by atoms with Crippen LogP contribution in [0.4, 0.5) is 5.69 Å². The van der Waals surface area contributed by atoms with Gasteiger partial charge in [0, 0.05) is 25.0 Å². The molecule has 19 heavy (non-hydrogen) atoms. The molecule has 2 N–H and O–H groups in total. The molecule has 0 aliphatic carbocycles. The molecular weight excluding hydrogens is 242 g/mol. The molecule has 1 unspecified atom stereocenters. The number of amides is 1. The zero-order chi connectivity index (χ0) is 13.7. The smallest absolute Gasteiger partial charge is 0.255 e. The van der Waals surface area contributed by atoms with Gasteiger partial charge in [-0.15, -0.1) is 0 Å². The van der Waals surface area contributed by atoms with Crippen LogP contribution < -0.4 is 10.6 Å². The van der Waals surface area contributed by atoms with Gasteiger partial charge >= 0.3 is 0 Å². The monoisotopic (exact) mass is 263 g/mol. The topological polar surface area (TPSA) is 63.2 Å². The van der Waals surface area contributed by atoms with E-state index in [-0.39, 0.29) is 11.9 Å². The van der Waals surface area contributed by atoms with E-state index in [0.29, 0.717) is 12.2 Å². The number of ether oxygens (including phenoxy) is 1. The molecule has 2 rings (SSSR count). The quantitative estimate of drug-likeness (QED) is 0.849. The Morgan fingerprint density at radius 2 is 2.42 bits per heavy atom. The molecule has 1 atom stereocenters. The van der Waals surface area contributed by atoms with Crippen LogP contribution in [0, 0.1) is 6.92 Å². The number of carbonyl (C=O) groups is 1. The van der Waals surface area contributed by atoms with Crippen LogP contribution in [0.25, 0.3) is 0 Å². The zero-order valence-corrected chi connectivity index (χ0v) is 11.5. The van der Waals surface area contributed by atoms with Crippen LogP contribution in [-0.2, 0) is 4.74 Å². The Labute approximate surface area is 113 Å². The molecule has 1 aromatic rings. The van der Waals surface area contributed by atoms with Crippen LogP contribution >= 0.6 is 0 Å². The van der Waals surface area contributed by atoms with Gasteiger partial charge in [0.1, 0.15) is 0 Å². The maximum Gasteiger partial charge on any atom is 0.255 e. The van der Waals surface area contributed by atoms with Crippen molar-refractivity contribution < 1.29 is 9.53 Å². The SMILES string of the molecule is CCCNc1cc(C)ncc1C(=O)NC1CCOC1. The Morgan fingerprint density at radius 3 is 3.11 bits per heavy atom. The Bertz CT molecular complexity index is 442. The third-order valence-corrected chi connectivity index (χ3v) is 3.12. The molecule has 5 heteroatoms. The summed E-state index contributed by atoms with van der Waals surface area (Å²) >= 11 is 0. The molecule has 0 saturated carbocycles. The number of nitrogens with one attached hydrogen (secondary N) is 2. The third-order valence-electron chi connectivity index (χ3n) is 3.12. The molecule has 2 heterocycles. The first-order chi connectivity index (χ1) is 9.20. The number of hydrogen-bond acceptors (Lipinski definition) is 4. The van der Waals surface area contributed by atoms with Gasteiger partial charge in [-0.3, -0.25) is 9.78 Å². The molecule has 1 aromatic heterocycles. The Kier molecular flexibility index (Phi) is 4.74. The molecule has 0 bridgehead atoms. The molecule has 1 amide bonds. The van der Waals surface area contributed by atoms with Crippen molar-refractivity contribution in [3.8, 4) is 0 Å². The highest BCUT2D eigenvalue weighted by Crippen LogP contribution is 2.16. The molecule has 104 valence electrons. The molecular formula is C14H21N3O2. The lowest BCUT2D eigenvalue weighted by Crippen LogP contribution is -2.35. The van der Waals surface area contributed by atoms with E-state index < -0.39 is 0 Å². The largest absolute Gasteiger partial charge is 0.384 e. The van der Waals surface area contributed by atoms with Crippen molar-refractivity contribution >= 4 is 11.6 Å². The van der Waals surface area contributed by atoms with Crippen LogP contribution in [0.2, 0.25) is 0 Å². The van der Waals surface area contributed by atoms with Gasteiger partial charge in [-0.1, -0.05) is 6.92 Å². The maximum atomic E-state index is 12.2. The summed E-state index contributed by atoms with van der Waals surface area (Å²) in [6.45, 7) is 6.18. The molecule has 0 radical (unpaired) electrons. The molecule has 1 fully saturated rings. The predicted molar refractivity (Wildman–Crippen MR) is 74.4 cm³/mol. The van der Waals surface area contributed by atoms with Gasteiger partial charge in [0.15, 0.2) is 0 Å². The summed E-state index contributed by atoms with van der Waals surface area (Å²) in [5.74, 6) is -0.0818. The van der Waals surface area contributed by atoms with Gasteiger partial charge in [0.05, 0.1) is 23.9 Å². The Balaban J connectivity index is 2.10. The fourth-order valence-electron chi connectivity index (χ4n) is 2.06. The first-order valence-corrected chi connectivity index (χ1v) is 6.80. The highest BCUT2D eigenvalue weighted by Gasteiger charge is 2.20. The number of aryl methyl sites for hydroxylation is 1. The standard InChI is InChI=1S/C14H21N3O2/c1-3-5-15-13-7-10(2)16-8-12(13)14(18)17-11-4-6-19-9-11/h7-8,11H,3-6,9H2,1-2H3,(H,15,16)(H,17,18). The third kappa shape index (κ3) is 3.67. The van der Waals surface area contributed by atoms with E-state index in [1.165, 1.54) is 0 Å². The van der Waals surface area contributed by atoms with Crippen LogP contribution in [-0.4, -0.2) is 36.7 Å². The Hall–Kier alpha value is -1.62. The first-order valence-electron chi connectivity index (χ1n) is 6.80. The average Bonchev–Trinajstić information content (AvgIpc) is 2.89. The van der Waals surface area contributed by atoms with Crippen molar-refractivity contribution in [2.24, 2.45) is 0 Å². The number of anilines is 1. The van der Waals surface area contributed by atoms with Crippen molar-refractivity contribution in [3.05, 3.63) is 23.5 Å². The van der Waals surface area contributed by atoms with Crippen molar-refractivity contribution in [2.45, 2.75) is 32.7 Å². The van der Waals surface area contributed by atoms with Crippen molar-refractivity contribution in [1.29, 1.82) is 0 Å². The summed E-state index contributed by atoms with van der Waals surface area (Å²) in [5.41, 5.74) is 2.36. The minimum Gasteiger partial charge on any atom is -0.384 e. The van der Waals surface area contributed by atoms with E-state index in [1.807, 2.05) is 13.0 Å². The molecule has 1 aliphatic heterocycles. The van der Waals surface area contributed by atoms with E-state index in [9.17, 15) is 4.79 Å². The fourth-order valence-corrected chi connectivity index (χ4v) is 2.06. The molecule has 0 spiro atoms. The Morgan fingerprint density at radius 1 is 1.58 bits per heavy atom. The van der Waals surface area contributed by atoms with E-state index >= 15 is 0 Å². The van der Waals surface area contributed by atoms with Gasteiger partial charge in [-0.05, 0) is 25.8 Å². The maximum absolute atomic E-state index is 12.2. The molecule has 1 aliphatic rings. The summed E-state index contributed by atoms with van der Waals surface area (Å²) in [6, 6.07) is 2.03. The van der Waals surface area contributed by atoms with Crippen LogP contribution in [0.5, 0.6) is 0 Å². The highest BCUT2D eigenvalue weighted by molar-refractivity contribution is 5.99. The number of rotatable bonds is 5. The van der Waals surface area contributed by atoms with Gasteiger partial charge in [-0.25, -0.2) is 0 Å². The molecule has 1 saturated heterocycles. The molecule has 0 aromatic carbocycles. The second-order valence-electron chi connectivity index (χ2n) is 4.83. The lowest BCUT2D eigenvalue weighted by Gasteiger charge is -2.14. The summed E-state index contributed by atoms with van der Waals surface area (Å²) < 4.78 is 5.26. The number of hydrogen-bond donors (Lipinski definition) is 2. The number of pyridine rings is 1. The highest BCUT2D eigenvalue weighted by atomic mass is 16.5. The summed E-state index contributed by atoms with van der Waals surface area (Å²) in [6.07, 6.45) is 3.53. The van der Waals surface area contributed by atoms with E-state index in [0.717, 1.165) is 37.4 Å². The zero-order valence-electron chi connectivity index (χ0n) is 11.5. The van der Waals surface area contributed by atoms with E-state index in [1.54, 1.807) is 6.20 Å². The molecule has 5 nitrogen and oxygen atoms in total.